The maximum atomic E-state index is 13.8. The number of halogens is 1. The summed E-state index contributed by atoms with van der Waals surface area (Å²) in [6.45, 7) is 2.65. The minimum Gasteiger partial charge on any atom is -0.497 e. The lowest BCUT2D eigenvalue weighted by Gasteiger charge is -2.38. The summed E-state index contributed by atoms with van der Waals surface area (Å²) in [5, 5.41) is 6.76. The van der Waals surface area contributed by atoms with Gasteiger partial charge in [-0.15, -0.1) is 0 Å². The molecule has 0 amide bonds. The quantitative estimate of drug-likeness (QED) is 0.592. The van der Waals surface area contributed by atoms with Crippen molar-refractivity contribution >= 4 is 5.96 Å². The second-order valence-corrected chi connectivity index (χ2v) is 7.03. The highest BCUT2D eigenvalue weighted by molar-refractivity contribution is 5.79. The zero-order chi connectivity index (χ0) is 19.8. The third-order valence-corrected chi connectivity index (χ3v) is 5.30. The molecule has 1 fully saturated rings. The maximum absolute atomic E-state index is 13.8. The van der Waals surface area contributed by atoms with Gasteiger partial charge in [0.15, 0.2) is 5.96 Å². The van der Waals surface area contributed by atoms with Gasteiger partial charge in [-0.25, -0.2) is 4.39 Å². The van der Waals surface area contributed by atoms with Gasteiger partial charge in [-0.2, -0.15) is 0 Å². The summed E-state index contributed by atoms with van der Waals surface area (Å²) in [4.78, 5) is 4.33. The summed E-state index contributed by atoms with van der Waals surface area (Å²) in [5.74, 6) is 1.34. The minimum absolute atomic E-state index is 0.173. The molecule has 2 aromatic carbocycles. The molecule has 0 aromatic heterocycles. The van der Waals surface area contributed by atoms with Crippen molar-refractivity contribution in [1.82, 2.24) is 10.6 Å². The molecule has 3 rings (SSSR count). The van der Waals surface area contributed by atoms with E-state index in [9.17, 15) is 4.39 Å². The molecule has 5 nitrogen and oxygen atoms in total. The van der Waals surface area contributed by atoms with Gasteiger partial charge in [0, 0.05) is 38.8 Å². The molecule has 2 N–H and O–H groups in total. The highest BCUT2D eigenvalue weighted by atomic mass is 19.1. The third kappa shape index (κ3) is 5.01. The van der Waals surface area contributed by atoms with Crippen molar-refractivity contribution in [3.8, 4) is 5.75 Å². The highest BCUT2D eigenvalue weighted by Gasteiger charge is 2.34. The van der Waals surface area contributed by atoms with Crippen molar-refractivity contribution in [2.75, 3.05) is 33.9 Å². The van der Waals surface area contributed by atoms with Crippen molar-refractivity contribution < 1.29 is 13.9 Å². The van der Waals surface area contributed by atoms with Gasteiger partial charge >= 0.3 is 0 Å². The zero-order valence-electron chi connectivity index (χ0n) is 16.5. The molecule has 1 saturated heterocycles. The third-order valence-electron chi connectivity index (χ3n) is 5.30. The lowest BCUT2D eigenvalue weighted by atomic mass is 9.74. The van der Waals surface area contributed by atoms with Gasteiger partial charge in [0.05, 0.1) is 7.11 Å². The van der Waals surface area contributed by atoms with Crippen LogP contribution in [0.5, 0.6) is 5.75 Å². The Labute approximate surface area is 166 Å². The van der Waals surface area contributed by atoms with E-state index in [0.29, 0.717) is 32.3 Å². The standard InChI is InChI=1S/C22H28FN3O2/c1-24-21(25-15-17-5-3-8-20(13-17)27-2)26-16-22(9-11-28-12-10-22)18-6-4-7-19(23)14-18/h3-8,13-14H,9-12,15-16H2,1-2H3,(H2,24,25,26). The molecule has 0 radical (unpaired) electrons. The van der Waals surface area contributed by atoms with Crippen molar-refractivity contribution in [3.05, 3.63) is 65.5 Å². The van der Waals surface area contributed by atoms with Crippen molar-refractivity contribution in [1.29, 1.82) is 0 Å². The van der Waals surface area contributed by atoms with Crippen LogP contribution < -0.4 is 15.4 Å². The van der Waals surface area contributed by atoms with E-state index in [1.54, 1.807) is 26.3 Å². The molecule has 0 unspecified atom stereocenters. The van der Waals surface area contributed by atoms with Crippen LogP contribution in [0.3, 0.4) is 0 Å². The molecule has 0 bridgehead atoms. The number of aliphatic imine (C=N–C) groups is 1. The van der Waals surface area contributed by atoms with Gasteiger partial charge in [-0.3, -0.25) is 4.99 Å². The number of rotatable bonds is 6. The molecular formula is C22H28FN3O2. The minimum atomic E-state index is -0.205. The van der Waals surface area contributed by atoms with Crippen LogP contribution in [0.1, 0.15) is 24.0 Å². The Balaban J connectivity index is 1.66. The maximum Gasteiger partial charge on any atom is 0.191 e. The average Bonchev–Trinajstić information content (AvgIpc) is 2.74. The number of nitrogens with one attached hydrogen (secondary N) is 2. The summed E-state index contributed by atoms with van der Waals surface area (Å²) in [5.41, 5.74) is 1.94. The Morgan fingerprint density at radius 3 is 2.64 bits per heavy atom. The molecule has 0 saturated carbocycles. The predicted octanol–water partition coefficient (Wildman–Crippen LogP) is 3.25. The molecule has 1 aliphatic heterocycles. The fraction of sp³-hybridized carbons (Fsp3) is 0.409. The van der Waals surface area contributed by atoms with Gasteiger partial charge in [0.2, 0.25) is 0 Å². The molecule has 28 heavy (non-hydrogen) atoms. The summed E-state index contributed by atoms with van der Waals surface area (Å²) in [6, 6.07) is 14.8. The van der Waals surface area contributed by atoms with Crippen molar-refractivity contribution in [2.24, 2.45) is 4.99 Å². The number of ether oxygens (including phenoxy) is 2. The molecule has 150 valence electrons. The van der Waals surface area contributed by atoms with Crippen molar-refractivity contribution in [2.45, 2.75) is 24.8 Å². The van der Waals surface area contributed by atoms with E-state index in [0.717, 1.165) is 29.7 Å². The molecule has 0 aliphatic carbocycles. The average molecular weight is 385 g/mol. The van der Waals surface area contributed by atoms with E-state index in [1.165, 1.54) is 6.07 Å². The molecule has 1 aliphatic rings. The van der Waals surface area contributed by atoms with Crippen LogP contribution in [0, 0.1) is 5.82 Å². The predicted molar refractivity (Wildman–Crippen MR) is 109 cm³/mol. The fourth-order valence-corrected chi connectivity index (χ4v) is 3.59. The number of guanidine groups is 1. The first kappa shape index (κ1) is 20.1. The Morgan fingerprint density at radius 1 is 1.14 bits per heavy atom. The fourth-order valence-electron chi connectivity index (χ4n) is 3.59. The Morgan fingerprint density at radius 2 is 1.93 bits per heavy atom. The Kier molecular flexibility index (Phi) is 6.87. The summed E-state index contributed by atoms with van der Waals surface area (Å²) in [7, 11) is 3.41. The van der Waals surface area contributed by atoms with E-state index in [4.69, 9.17) is 9.47 Å². The molecule has 2 aromatic rings. The lowest BCUT2D eigenvalue weighted by molar-refractivity contribution is 0.0513. The first-order valence-electron chi connectivity index (χ1n) is 9.56. The number of nitrogens with zero attached hydrogens (tertiary/aromatic N) is 1. The normalized spacial score (nSPS) is 16.5. The van der Waals surface area contributed by atoms with E-state index in [1.807, 2.05) is 30.3 Å². The molecule has 6 heteroatoms. The van der Waals surface area contributed by atoms with E-state index < -0.39 is 0 Å². The van der Waals surface area contributed by atoms with E-state index in [-0.39, 0.29) is 11.2 Å². The summed E-state index contributed by atoms with van der Waals surface area (Å²) >= 11 is 0. The van der Waals surface area contributed by atoms with Gasteiger partial charge in [0.1, 0.15) is 11.6 Å². The second kappa shape index (κ2) is 9.55. The lowest BCUT2D eigenvalue weighted by Crippen LogP contribution is -2.48. The number of methoxy groups -OCH3 is 1. The number of hydrogen-bond donors (Lipinski definition) is 2. The van der Waals surface area contributed by atoms with Crippen LogP contribution in [0.25, 0.3) is 0 Å². The van der Waals surface area contributed by atoms with E-state index >= 15 is 0 Å². The summed E-state index contributed by atoms with van der Waals surface area (Å²) in [6.07, 6.45) is 1.69. The number of benzene rings is 2. The van der Waals surface area contributed by atoms with Gasteiger partial charge in [-0.05, 0) is 48.2 Å². The van der Waals surface area contributed by atoms with Crippen LogP contribution in [-0.2, 0) is 16.7 Å². The van der Waals surface area contributed by atoms with E-state index in [2.05, 4.69) is 15.6 Å². The molecular weight excluding hydrogens is 357 g/mol. The Bertz CT molecular complexity index is 804. The van der Waals surface area contributed by atoms with Crippen LogP contribution in [-0.4, -0.2) is 39.9 Å². The van der Waals surface area contributed by atoms with Crippen molar-refractivity contribution in [3.63, 3.8) is 0 Å². The smallest absolute Gasteiger partial charge is 0.191 e. The van der Waals surface area contributed by atoms with Crippen LogP contribution in [0.15, 0.2) is 53.5 Å². The van der Waals surface area contributed by atoms with Crippen LogP contribution in [0.2, 0.25) is 0 Å². The molecule has 1 heterocycles. The second-order valence-electron chi connectivity index (χ2n) is 7.03. The molecule has 0 spiro atoms. The van der Waals surface area contributed by atoms with Crippen LogP contribution in [0.4, 0.5) is 4.39 Å². The monoisotopic (exact) mass is 385 g/mol. The highest BCUT2D eigenvalue weighted by Crippen LogP contribution is 2.34. The van der Waals surface area contributed by atoms with Crippen LogP contribution >= 0.6 is 0 Å². The molecule has 0 atom stereocenters. The topological polar surface area (TPSA) is 54.9 Å². The first-order valence-corrected chi connectivity index (χ1v) is 9.56. The summed E-state index contributed by atoms with van der Waals surface area (Å²) < 4.78 is 24.7. The van der Waals surface area contributed by atoms with Gasteiger partial charge < -0.3 is 20.1 Å². The first-order chi connectivity index (χ1) is 13.6. The van der Waals surface area contributed by atoms with Gasteiger partial charge in [-0.1, -0.05) is 24.3 Å². The number of hydrogen-bond acceptors (Lipinski definition) is 3. The Hall–Kier alpha value is -2.60. The van der Waals surface area contributed by atoms with Gasteiger partial charge in [0.25, 0.3) is 0 Å². The zero-order valence-corrected chi connectivity index (χ0v) is 16.5. The largest absolute Gasteiger partial charge is 0.497 e. The SMILES string of the molecule is CN=C(NCc1cccc(OC)c1)NCC1(c2cccc(F)c2)CCOCC1.